The maximum absolute atomic E-state index is 13.1. The summed E-state index contributed by atoms with van der Waals surface area (Å²) in [5.41, 5.74) is 1.04. The Kier molecular flexibility index (Phi) is 7.73. The van der Waals surface area contributed by atoms with Gasteiger partial charge in [-0.05, 0) is 42.0 Å². The molecule has 32 heavy (non-hydrogen) atoms. The summed E-state index contributed by atoms with van der Waals surface area (Å²) in [5.74, 6) is 0.968. The highest BCUT2D eigenvalue weighted by Crippen LogP contribution is 2.30. The van der Waals surface area contributed by atoms with Gasteiger partial charge in [0.1, 0.15) is 22.1 Å². The van der Waals surface area contributed by atoms with Crippen LogP contribution in [0.15, 0.2) is 47.4 Å². The molecule has 2 aromatic carbocycles. The van der Waals surface area contributed by atoms with Crippen LogP contribution in [-0.4, -0.2) is 66.3 Å². The molecule has 1 amide bonds. The van der Waals surface area contributed by atoms with Crippen LogP contribution in [0.25, 0.3) is 6.08 Å². The van der Waals surface area contributed by atoms with Gasteiger partial charge < -0.3 is 24.3 Å². The fourth-order valence-electron chi connectivity index (χ4n) is 3.16. The molecular weight excluding hydrogens is 436 g/mol. The molecule has 1 heterocycles. The second-order valence-corrected chi connectivity index (χ2v) is 8.76. The Hall–Kier alpha value is -3.08. The number of nitrogens with one attached hydrogen (secondary N) is 1. The second kappa shape index (κ2) is 10.5. The first-order valence-corrected chi connectivity index (χ1v) is 11.3. The zero-order chi connectivity index (χ0) is 23.1. The van der Waals surface area contributed by atoms with Gasteiger partial charge >= 0.3 is 0 Å². The summed E-state index contributed by atoms with van der Waals surface area (Å²) < 4.78 is 48.4. The zero-order valence-electron chi connectivity index (χ0n) is 18.2. The molecule has 0 aromatic heterocycles. The van der Waals surface area contributed by atoms with Crippen LogP contribution >= 0.6 is 0 Å². The molecule has 1 saturated heterocycles. The number of nitrogens with zero attached hydrogens (tertiary/aromatic N) is 1. The van der Waals surface area contributed by atoms with E-state index in [2.05, 4.69) is 5.32 Å². The van der Waals surface area contributed by atoms with Crippen molar-refractivity contribution in [2.45, 2.75) is 4.90 Å². The van der Waals surface area contributed by atoms with Crippen LogP contribution in [0.5, 0.6) is 17.2 Å². The van der Waals surface area contributed by atoms with Gasteiger partial charge in [0, 0.05) is 30.9 Å². The van der Waals surface area contributed by atoms with Crippen molar-refractivity contribution >= 4 is 27.7 Å². The van der Waals surface area contributed by atoms with Crippen LogP contribution in [0, 0.1) is 0 Å². The van der Waals surface area contributed by atoms with Crippen LogP contribution in [0.2, 0.25) is 0 Å². The van der Waals surface area contributed by atoms with E-state index in [1.165, 1.54) is 29.6 Å². The highest BCUT2D eigenvalue weighted by Gasteiger charge is 2.29. The predicted octanol–water partition coefficient (Wildman–Crippen LogP) is 2.39. The fourth-order valence-corrected chi connectivity index (χ4v) is 4.75. The molecule has 0 atom stereocenters. The van der Waals surface area contributed by atoms with Crippen molar-refractivity contribution in [1.82, 2.24) is 4.31 Å². The van der Waals surface area contributed by atoms with E-state index < -0.39 is 15.9 Å². The largest absolute Gasteiger partial charge is 0.497 e. The first-order chi connectivity index (χ1) is 15.4. The molecule has 3 rings (SSSR count). The Morgan fingerprint density at radius 1 is 1.00 bits per heavy atom. The molecular formula is C22H26N2O7S. The van der Waals surface area contributed by atoms with Gasteiger partial charge in [0.2, 0.25) is 15.9 Å². The van der Waals surface area contributed by atoms with E-state index in [4.69, 9.17) is 18.9 Å². The third kappa shape index (κ3) is 5.58. The van der Waals surface area contributed by atoms with E-state index in [9.17, 15) is 13.2 Å². The lowest BCUT2D eigenvalue weighted by molar-refractivity contribution is -0.111. The quantitative estimate of drug-likeness (QED) is 0.601. The standard InChI is InChI=1S/C22H26N2O7S/c1-28-18-12-16(13-19(15-18)29-2)4-7-22(25)23-17-5-6-20(30-3)21(14-17)32(26,27)24-8-10-31-11-9-24/h4-7,12-15H,8-11H2,1-3H3,(H,23,25)/b7-4+. The predicted molar refractivity (Wildman–Crippen MR) is 120 cm³/mol. The minimum Gasteiger partial charge on any atom is -0.497 e. The lowest BCUT2D eigenvalue weighted by atomic mass is 10.2. The number of hydrogen-bond acceptors (Lipinski definition) is 7. The van der Waals surface area contributed by atoms with Crippen molar-refractivity contribution in [3.8, 4) is 17.2 Å². The normalized spacial score (nSPS) is 14.8. The van der Waals surface area contributed by atoms with Crippen LogP contribution in [0.3, 0.4) is 0 Å². The van der Waals surface area contributed by atoms with Gasteiger partial charge in [-0.2, -0.15) is 4.31 Å². The maximum atomic E-state index is 13.1. The third-order valence-electron chi connectivity index (χ3n) is 4.82. The molecule has 0 spiro atoms. The molecule has 1 N–H and O–H groups in total. The van der Waals surface area contributed by atoms with E-state index in [1.807, 2.05) is 0 Å². The number of carbonyl (C=O) groups is 1. The second-order valence-electron chi connectivity index (χ2n) is 6.85. The van der Waals surface area contributed by atoms with Gasteiger partial charge in [-0.1, -0.05) is 0 Å². The number of anilines is 1. The van der Waals surface area contributed by atoms with Crippen LogP contribution in [0.4, 0.5) is 5.69 Å². The average Bonchev–Trinajstić information content (AvgIpc) is 2.83. The fraction of sp³-hybridized carbons (Fsp3) is 0.318. The molecule has 1 fully saturated rings. The summed E-state index contributed by atoms with van der Waals surface area (Å²) >= 11 is 0. The summed E-state index contributed by atoms with van der Waals surface area (Å²) in [7, 11) is 0.683. The highest BCUT2D eigenvalue weighted by molar-refractivity contribution is 7.89. The molecule has 0 bridgehead atoms. The van der Waals surface area contributed by atoms with E-state index in [-0.39, 0.29) is 23.7 Å². The summed E-state index contributed by atoms with van der Waals surface area (Å²) in [5, 5.41) is 2.68. The highest BCUT2D eigenvalue weighted by atomic mass is 32.2. The van der Waals surface area contributed by atoms with Crippen LogP contribution in [-0.2, 0) is 19.6 Å². The van der Waals surface area contributed by atoms with Crippen molar-refractivity contribution in [2.24, 2.45) is 0 Å². The Morgan fingerprint density at radius 3 is 2.25 bits per heavy atom. The van der Waals surface area contributed by atoms with Crippen LogP contribution < -0.4 is 19.5 Å². The molecule has 0 aliphatic carbocycles. The number of carbonyl (C=O) groups excluding carboxylic acids is 1. The van der Waals surface area contributed by atoms with Gasteiger partial charge in [-0.15, -0.1) is 0 Å². The molecule has 0 radical (unpaired) electrons. The van der Waals surface area contributed by atoms with Crippen molar-refractivity contribution in [3.63, 3.8) is 0 Å². The number of sulfonamides is 1. The van der Waals surface area contributed by atoms with Crippen molar-refractivity contribution in [3.05, 3.63) is 48.0 Å². The Bertz CT molecular complexity index is 1070. The Morgan fingerprint density at radius 2 is 1.66 bits per heavy atom. The molecule has 0 saturated carbocycles. The van der Waals surface area contributed by atoms with Gasteiger partial charge in [-0.3, -0.25) is 4.79 Å². The zero-order valence-corrected chi connectivity index (χ0v) is 19.0. The van der Waals surface area contributed by atoms with E-state index in [0.29, 0.717) is 36.0 Å². The molecule has 172 valence electrons. The molecule has 1 aliphatic rings. The topological polar surface area (TPSA) is 103 Å². The number of ether oxygens (including phenoxy) is 4. The van der Waals surface area contributed by atoms with Crippen molar-refractivity contribution in [1.29, 1.82) is 0 Å². The average molecular weight is 463 g/mol. The lowest BCUT2D eigenvalue weighted by Gasteiger charge is -2.26. The smallest absolute Gasteiger partial charge is 0.248 e. The molecule has 0 unspecified atom stereocenters. The first-order valence-electron chi connectivity index (χ1n) is 9.85. The van der Waals surface area contributed by atoms with E-state index in [1.54, 1.807) is 44.6 Å². The minimum atomic E-state index is -3.80. The maximum Gasteiger partial charge on any atom is 0.248 e. The number of rotatable bonds is 8. The Labute approximate surface area is 187 Å². The summed E-state index contributed by atoms with van der Waals surface area (Å²) in [4.78, 5) is 12.4. The molecule has 2 aromatic rings. The van der Waals surface area contributed by atoms with Crippen molar-refractivity contribution < 1.29 is 32.2 Å². The van der Waals surface area contributed by atoms with E-state index >= 15 is 0 Å². The number of hydrogen-bond donors (Lipinski definition) is 1. The monoisotopic (exact) mass is 462 g/mol. The lowest BCUT2D eigenvalue weighted by Crippen LogP contribution is -2.40. The first kappa shape index (κ1) is 23.6. The molecule has 1 aliphatic heterocycles. The SMILES string of the molecule is COc1cc(/C=C/C(=O)Nc2ccc(OC)c(S(=O)(=O)N3CCOCC3)c2)cc(OC)c1. The number of benzene rings is 2. The van der Waals surface area contributed by atoms with Gasteiger partial charge in [0.05, 0.1) is 34.5 Å². The Balaban J connectivity index is 1.80. The van der Waals surface area contributed by atoms with Gasteiger partial charge in [-0.25, -0.2) is 8.42 Å². The third-order valence-corrected chi connectivity index (χ3v) is 6.74. The summed E-state index contributed by atoms with van der Waals surface area (Å²) in [6.45, 7) is 1.18. The minimum absolute atomic E-state index is 0.0128. The number of methoxy groups -OCH3 is 3. The summed E-state index contributed by atoms with van der Waals surface area (Å²) in [6, 6.07) is 9.73. The molecule has 9 nitrogen and oxygen atoms in total. The summed E-state index contributed by atoms with van der Waals surface area (Å²) in [6.07, 6.45) is 2.95. The molecule has 10 heteroatoms. The number of amides is 1. The van der Waals surface area contributed by atoms with E-state index in [0.717, 1.165) is 0 Å². The van der Waals surface area contributed by atoms with Gasteiger partial charge in [0.25, 0.3) is 0 Å². The number of morpholine rings is 1. The van der Waals surface area contributed by atoms with Crippen molar-refractivity contribution in [2.75, 3.05) is 52.9 Å². The van der Waals surface area contributed by atoms with Crippen LogP contribution in [0.1, 0.15) is 5.56 Å². The van der Waals surface area contributed by atoms with Gasteiger partial charge in [0.15, 0.2) is 0 Å².